The number of benzene rings is 1. The lowest BCUT2D eigenvalue weighted by molar-refractivity contribution is -0.108. The van der Waals surface area contributed by atoms with Crippen molar-refractivity contribution in [2.24, 2.45) is 11.8 Å². The number of phenolic OH excluding ortho intramolecular Hbond substituents is 1. The minimum Gasteiger partial charge on any atom is -0.507 e. The number of carbonyl (C=O) groups excluding carboxylic acids is 2. The van der Waals surface area contributed by atoms with Crippen LogP contribution in [0.1, 0.15) is 42.5 Å². The number of ether oxygens (including phenoxy) is 1. The van der Waals surface area contributed by atoms with Crippen molar-refractivity contribution >= 4 is 22.8 Å². The van der Waals surface area contributed by atoms with Crippen LogP contribution < -0.4 is 0 Å². The van der Waals surface area contributed by atoms with Gasteiger partial charge in [-0.05, 0) is 67.7 Å². The molecule has 0 spiro atoms. The molecule has 1 aromatic carbocycles. The SMILES string of the molecule is C=C(CC1CCC(COC(=O)c2ccccc2O)CC1)C(=O)Cl. The summed E-state index contributed by atoms with van der Waals surface area (Å²) in [7, 11) is 0. The van der Waals surface area contributed by atoms with E-state index in [2.05, 4.69) is 6.58 Å². The number of esters is 1. The van der Waals surface area contributed by atoms with Crippen LogP contribution in [-0.2, 0) is 9.53 Å². The van der Waals surface area contributed by atoms with E-state index in [0.717, 1.165) is 25.7 Å². The molecule has 1 aromatic rings. The lowest BCUT2D eigenvalue weighted by Crippen LogP contribution is -2.21. The van der Waals surface area contributed by atoms with Crippen LogP contribution in [0.15, 0.2) is 36.4 Å². The van der Waals surface area contributed by atoms with Crippen molar-refractivity contribution in [3.05, 3.63) is 42.0 Å². The van der Waals surface area contributed by atoms with E-state index in [1.54, 1.807) is 18.2 Å². The molecule has 1 aliphatic carbocycles. The molecule has 124 valence electrons. The molecule has 0 atom stereocenters. The van der Waals surface area contributed by atoms with E-state index >= 15 is 0 Å². The van der Waals surface area contributed by atoms with Gasteiger partial charge in [-0.3, -0.25) is 4.79 Å². The number of hydrogen-bond donors (Lipinski definition) is 1. The topological polar surface area (TPSA) is 63.6 Å². The molecule has 1 aliphatic rings. The summed E-state index contributed by atoms with van der Waals surface area (Å²) >= 11 is 5.42. The fraction of sp³-hybridized carbons (Fsp3) is 0.444. The molecule has 0 bridgehead atoms. The average Bonchev–Trinajstić information content (AvgIpc) is 2.54. The number of carbonyl (C=O) groups is 2. The Bertz CT molecular complexity index is 588. The van der Waals surface area contributed by atoms with E-state index < -0.39 is 11.2 Å². The van der Waals surface area contributed by atoms with Gasteiger partial charge in [-0.1, -0.05) is 18.7 Å². The summed E-state index contributed by atoms with van der Waals surface area (Å²) in [4.78, 5) is 23.0. The average molecular weight is 337 g/mol. The van der Waals surface area contributed by atoms with E-state index in [4.69, 9.17) is 16.3 Å². The normalized spacial score (nSPS) is 20.7. The second-order valence-electron chi connectivity index (χ2n) is 6.08. The maximum atomic E-state index is 11.9. The van der Waals surface area contributed by atoms with Gasteiger partial charge in [0, 0.05) is 5.57 Å². The largest absolute Gasteiger partial charge is 0.507 e. The first kappa shape index (κ1) is 17.5. The molecule has 1 fully saturated rings. The van der Waals surface area contributed by atoms with E-state index in [1.807, 2.05) is 0 Å². The van der Waals surface area contributed by atoms with Crippen LogP contribution in [-0.4, -0.2) is 22.9 Å². The van der Waals surface area contributed by atoms with Crippen LogP contribution >= 0.6 is 11.6 Å². The second-order valence-corrected chi connectivity index (χ2v) is 6.43. The van der Waals surface area contributed by atoms with Gasteiger partial charge in [0.25, 0.3) is 0 Å². The monoisotopic (exact) mass is 336 g/mol. The summed E-state index contributed by atoms with van der Waals surface area (Å²) < 4.78 is 5.31. The first-order valence-corrected chi connectivity index (χ1v) is 8.18. The van der Waals surface area contributed by atoms with Crippen molar-refractivity contribution in [1.82, 2.24) is 0 Å². The Morgan fingerprint density at radius 3 is 2.39 bits per heavy atom. The molecule has 0 saturated heterocycles. The van der Waals surface area contributed by atoms with Crippen molar-refractivity contribution in [3.8, 4) is 5.75 Å². The number of aromatic hydroxyl groups is 1. The second kappa shape index (κ2) is 8.16. The standard InChI is InChI=1S/C18H21ClO4/c1-12(17(19)21)10-13-6-8-14(9-7-13)11-23-18(22)15-4-2-3-5-16(15)20/h2-5,13-14,20H,1,6-11H2. The number of hydrogen-bond acceptors (Lipinski definition) is 4. The van der Waals surface area contributed by atoms with Gasteiger partial charge < -0.3 is 9.84 Å². The lowest BCUT2D eigenvalue weighted by Gasteiger charge is -2.28. The Kier molecular flexibility index (Phi) is 6.22. The van der Waals surface area contributed by atoms with Crippen LogP contribution in [0.4, 0.5) is 0 Å². The van der Waals surface area contributed by atoms with E-state index in [1.165, 1.54) is 6.07 Å². The molecule has 4 nitrogen and oxygen atoms in total. The van der Waals surface area contributed by atoms with Crippen LogP contribution in [0.3, 0.4) is 0 Å². The zero-order valence-corrected chi connectivity index (χ0v) is 13.7. The molecule has 1 saturated carbocycles. The van der Waals surface area contributed by atoms with Gasteiger partial charge in [-0.2, -0.15) is 0 Å². The molecular formula is C18H21ClO4. The number of halogens is 1. The molecule has 0 unspecified atom stereocenters. The summed E-state index contributed by atoms with van der Waals surface area (Å²) in [5.74, 6) is 0.188. The van der Waals surface area contributed by atoms with Crippen molar-refractivity contribution in [2.45, 2.75) is 32.1 Å². The fourth-order valence-electron chi connectivity index (χ4n) is 2.95. The minimum absolute atomic E-state index is 0.0644. The summed E-state index contributed by atoms with van der Waals surface area (Å²) in [6, 6.07) is 6.36. The van der Waals surface area contributed by atoms with E-state index in [-0.39, 0.29) is 11.3 Å². The lowest BCUT2D eigenvalue weighted by atomic mass is 9.80. The first-order valence-electron chi connectivity index (χ1n) is 7.80. The summed E-state index contributed by atoms with van der Waals surface area (Å²) in [6.45, 7) is 4.05. The summed E-state index contributed by atoms with van der Waals surface area (Å²) in [5, 5.41) is 9.18. The highest BCUT2D eigenvalue weighted by Gasteiger charge is 2.24. The van der Waals surface area contributed by atoms with Crippen LogP contribution in [0.25, 0.3) is 0 Å². The molecule has 0 aromatic heterocycles. The number of phenols is 1. The third-order valence-electron chi connectivity index (χ3n) is 4.35. The number of para-hydroxylation sites is 1. The Balaban J connectivity index is 1.75. The molecule has 0 amide bonds. The van der Waals surface area contributed by atoms with Gasteiger partial charge in [0.2, 0.25) is 5.24 Å². The fourth-order valence-corrected chi connectivity index (χ4v) is 3.03. The maximum absolute atomic E-state index is 11.9. The van der Waals surface area contributed by atoms with Crippen molar-refractivity contribution in [1.29, 1.82) is 0 Å². The highest BCUT2D eigenvalue weighted by Crippen LogP contribution is 2.33. The van der Waals surface area contributed by atoms with Gasteiger partial charge in [0.1, 0.15) is 11.3 Å². The molecule has 23 heavy (non-hydrogen) atoms. The van der Waals surface area contributed by atoms with Crippen LogP contribution in [0.5, 0.6) is 5.75 Å². The van der Waals surface area contributed by atoms with E-state index in [0.29, 0.717) is 30.4 Å². The molecule has 1 N–H and O–H groups in total. The van der Waals surface area contributed by atoms with Crippen molar-refractivity contribution in [2.75, 3.05) is 6.61 Å². The molecule has 0 heterocycles. The Morgan fingerprint density at radius 1 is 1.17 bits per heavy atom. The van der Waals surface area contributed by atoms with Gasteiger partial charge in [-0.25, -0.2) is 4.79 Å². The zero-order valence-electron chi connectivity index (χ0n) is 13.0. The Hall–Kier alpha value is -1.81. The number of rotatable bonds is 6. The Labute approximate surface area is 141 Å². The Morgan fingerprint density at radius 2 is 1.78 bits per heavy atom. The zero-order chi connectivity index (χ0) is 16.8. The number of allylic oxidation sites excluding steroid dienone is 1. The molecule has 5 heteroatoms. The quantitative estimate of drug-likeness (QED) is 0.483. The molecular weight excluding hydrogens is 316 g/mol. The van der Waals surface area contributed by atoms with Crippen molar-refractivity contribution < 1.29 is 19.4 Å². The molecule has 2 rings (SSSR count). The third kappa shape index (κ3) is 5.10. The van der Waals surface area contributed by atoms with Gasteiger partial charge in [0.15, 0.2) is 0 Å². The minimum atomic E-state index is -0.494. The van der Waals surface area contributed by atoms with Crippen molar-refractivity contribution in [3.63, 3.8) is 0 Å². The molecule has 0 radical (unpaired) electrons. The van der Waals surface area contributed by atoms with Crippen LogP contribution in [0, 0.1) is 11.8 Å². The van der Waals surface area contributed by atoms with Crippen LogP contribution in [0.2, 0.25) is 0 Å². The predicted molar refractivity (Wildman–Crippen MR) is 88.5 cm³/mol. The smallest absolute Gasteiger partial charge is 0.341 e. The highest BCUT2D eigenvalue weighted by molar-refractivity contribution is 6.67. The van der Waals surface area contributed by atoms with Gasteiger partial charge in [-0.15, -0.1) is 0 Å². The predicted octanol–water partition coefficient (Wildman–Crippen LogP) is 4.07. The summed E-state index contributed by atoms with van der Waals surface area (Å²) in [5.41, 5.74) is 0.666. The van der Waals surface area contributed by atoms with E-state index in [9.17, 15) is 14.7 Å². The first-order chi connectivity index (χ1) is 11.0. The van der Waals surface area contributed by atoms with Gasteiger partial charge >= 0.3 is 5.97 Å². The third-order valence-corrected chi connectivity index (χ3v) is 4.62. The maximum Gasteiger partial charge on any atom is 0.341 e. The highest BCUT2D eigenvalue weighted by atomic mass is 35.5. The summed E-state index contributed by atoms with van der Waals surface area (Å²) in [6.07, 6.45) is 4.49. The van der Waals surface area contributed by atoms with Gasteiger partial charge in [0.05, 0.1) is 6.61 Å². The molecule has 0 aliphatic heterocycles.